The molecule has 0 bridgehead atoms. The Morgan fingerprint density at radius 2 is 2.00 bits per heavy atom. The maximum Gasteiger partial charge on any atom is 0.224 e. The Hall–Kier alpha value is -2.15. The predicted octanol–water partition coefficient (Wildman–Crippen LogP) is 2.31. The number of nitrogens with one attached hydrogen (secondary N) is 2. The van der Waals surface area contributed by atoms with Crippen molar-refractivity contribution >= 4 is 38.9 Å². The summed E-state index contributed by atoms with van der Waals surface area (Å²) in [5, 5.41) is 3.23. The van der Waals surface area contributed by atoms with Crippen LogP contribution in [-0.2, 0) is 6.54 Å². The highest BCUT2D eigenvalue weighted by molar-refractivity contribution is 9.10. The van der Waals surface area contributed by atoms with Crippen molar-refractivity contribution in [3.05, 3.63) is 40.6 Å². The van der Waals surface area contributed by atoms with Crippen LogP contribution in [0.15, 0.2) is 35.1 Å². The number of H-pyrrole nitrogens is 1. The molecule has 3 aromatic rings. The standard InChI is InChI=1S/C12H11BrN6/c13-8-3-1-7(2-4-8)5-15-10-9-11(17-6-16-9)19-12(14)18-10/h1-4,6H,5H2,(H4,14,15,16,17,18,19). The molecule has 0 aliphatic carbocycles. The smallest absolute Gasteiger partial charge is 0.224 e. The Morgan fingerprint density at radius 1 is 1.21 bits per heavy atom. The van der Waals surface area contributed by atoms with Gasteiger partial charge in [0.05, 0.1) is 6.33 Å². The first-order valence-corrected chi connectivity index (χ1v) is 6.46. The Bertz CT molecular complexity index is 706. The minimum absolute atomic E-state index is 0.206. The Morgan fingerprint density at radius 3 is 2.79 bits per heavy atom. The van der Waals surface area contributed by atoms with Gasteiger partial charge in [0, 0.05) is 11.0 Å². The average molecular weight is 319 g/mol. The number of nitrogen functional groups attached to an aromatic ring is 1. The summed E-state index contributed by atoms with van der Waals surface area (Å²) in [6.07, 6.45) is 1.57. The lowest BCUT2D eigenvalue weighted by atomic mass is 10.2. The summed E-state index contributed by atoms with van der Waals surface area (Å²) >= 11 is 3.41. The molecular weight excluding hydrogens is 308 g/mol. The third-order valence-electron chi connectivity index (χ3n) is 2.68. The van der Waals surface area contributed by atoms with Crippen LogP contribution in [0.25, 0.3) is 11.2 Å². The number of anilines is 2. The number of hydrogen-bond acceptors (Lipinski definition) is 5. The van der Waals surface area contributed by atoms with Gasteiger partial charge in [0.1, 0.15) is 5.52 Å². The zero-order valence-corrected chi connectivity index (χ0v) is 11.5. The number of benzene rings is 1. The second-order valence-corrected chi connectivity index (χ2v) is 4.93. The van der Waals surface area contributed by atoms with Crippen molar-refractivity contribution in [3.8, 4) is 0 Å². The van der Waals surface area contributed by atoms with Gasteiger partial charge in [0.25, 0.3) is 0 Å². The summed E-state index contributed by atoms with van der Waals surface area (Å²) < 4.78 is 1.05. The molecule has 0 saturated heterocycles. The van der Waals surface area contributed by atoms with E-state index in [1.54, 1.807) is 6.33 Å². The van der Waals surface area contributed by atoms with Crippen LogP contribution in [0, 0.1) is 0 Å². The van der Waals surface area contributed by atoms with Crippen molar-refractivity contribution < 1.29 is 0 Å². The van der Waals surface area contributed by atoms with Crippen molar-refractivity contribution in [2.45, 2.75) is 6.54 Å². The van der Waals surface area contributed by atoms with E-state index in [9.17, 15) is 0 Å². The largest absolute Gasteiger partial charge is 0.368 e. The van der Waals surface area contributed by atoms with Gasteiger partial charge in [0.2, 0.25) is 5.95 Å². The minimum atomic E-state index is 0.206. The number of nitrogens with two attached hydrogens (primary N) is 1. The van der Waals surface area contributed by atoms with E-state index in [2.05, 4.69) is 41.2 Å². The van der Waals surface area contributed by atoms with Crippen molar-refractivity contribution in [3.63, 3.8) is 0 Å². The van der Waals surface area contributed by atoms with Gasteiger partial charge >= 0.3 is 0 Å². The summed E-state index contributed by atoms with van der Waals surface area (Å²) in [6, 6.07) is 8.06. The predicted molar refractivity (Wildman–Crippen MR) is 77.6 cm³/mol. The number of halogens is 1. The van der Waals surface area contributed by atoms with E-state index >= 15 is 0 Å². The summed E-state index contributed by atoms with van der Waals surface area (Å²) in [7, 11) is 0. The molecule has 0 saturated carbocycles. The number of imidazole rings is 1. The molecule has 1 aromatic carbocycles. The van der Waals surface area contributed by atoms with E-state index in [4.69, 9.17) is 5.73 Å². The van der Waals surface area contributed by atoms with Gasteiger partial charge in [-0.05, 0) is 17.7 Å². The highest BCUT2D eigenvalue weighted by atomic mass is 79.9. The molecule has 6 nitrogen and oxygen atoms in total. The number of fused-ring (bicyclic) bond motifs is 1. The number of rotatable bonds is 3. The normalized spacial score (nSPS) is 10.8. The molecule has 0 amide bonds. The molecule has 0 unspecified atom stereocenters. The molecule has 19 heavy (non-hydrogen) atoms. The van der Waals surface area contributed by atoms with Gasteiger partial charge in [-0.25, -0.2) is 4.98 Å². The van der Waals surface area contributed by atoms with Crippen LogP contribution in [-0.4, -0.2) is 19.9 Å². The monoisotopic (exact) mass is 318 g/mol. The molecule has 0 fully saturated rings. The van der Waals surface area contributed by atoms with Crippen LogP contribution in [0.1, 0.15) is 5.56 Å². The van der Waals surface area contributed by atoms with Crippen LogP contribution in [0.3, 0.4) is 0 Å². The molecule has 96 valence electrons. The van der Waals surface area contributed by atoms with Gasteiger partial charge in [-0.3, -0.25) is 0 Å². The number of aromatic amines is 1. The Labute approximate surface area is 117 Å². The number of aromatic nitrogens is 4. The van der Waals surface area contributed by atoms with E-state index in [0.717, 1.165) is 15.6 Å². The molecule has 3 rings (SSSR count). The van der Waals surface area contributed by atoms with E-state index in [1.807, 2.05) is 24.3 Å². The lowest BCUT2D eigenvalue weighted by molar-refractivity contribution is 1.10. The van der Waals surface area contributed by atoms with Gasteiger partial charge < -0.3 is 16.0 Å². The Balaban J connectivity index is 1.85. The van der Waals surface area contributed by atoms with E-state index in [-0.39, 0.29) is 5.95 Å². The molecule has 2 heterocycles. The molecule has 0 aliphatic rings. The fraction of sp³-hybridized carbons (Fsp3) is 0.0833. The lowest BCUT2D eigenvalue weighted by Gasteiger charge is -2.07. The van der Waals surface area contributed by atoms with Crippen molar-refractivity contribution in [1.29, 1.82) is 0 Å². The molecule has 0 aliphatic heterocycles. The highest BCUT2D eigenvalue weighted by Gasteiger charge is 2.07. The minimum Gasteiger partial charge on any atom is -0.368 e. The van der Waals surface area contributed by atoms with Crippen LogP contribution >= 0.6 is 15.9 Å². The lowest BCUT2D eigenvalue weighted by Crippen LogP contribution is -2.05. The molecule has 0 spiro atoms. The van der Waals surface area contributed by atoms with Gasteiger partial charge in [0.15, 0.2) is 11.5 Å². The number of hydrogen-bond donors (Lipinski definition) is 3. The second kappa shape index (κ2) is 4.85. The summed E-state index contributed by atoms with van der Waals surface area (Å²) in [5.41, 5.74) is 8.11. The summed E-state index contributed by atoms with van der Waals surface area (Å²) in [5.74, 6) is 0.862. The van der Waals surface area contributed by atoms with Gasteiger partial charge in [-0.15, -0.1) is 0 Å². The first-order valence-electron chi connectivity index (χ1n) is 5.67. The third-order valence-corrected chi connectivity index (χ3v) is 3.20. The zero-order chi connectivity index (χ0) is 13.2. The molecule has 7 heteroatoms. The fourth-order valence-corrected chi connectivity index (χ4v) is 2.03. The maximum atomic E-state index is 5.65. The first-order chi connectivity index (χ1) is 9.22. The van der Waals surface area contributed by atoms with E-state index in [0.29, 0.717) is 18.0 Å². The fourth-order valence-electron chi connectivity index (χ4n) is 1.77. The van der Waals surface area contributed by atoms with E-state index < -0.39 is 0 Å². The van der Waals surface area contributed by atoms with Crippen molar-refractivity contribution in [2.24, 2.45) is 0 Å². The highest BCUT2D eigenvalue weighted by Crippen LogP contribution is 2.18. The molecule has 0 radical (unpaired) electrons. The third kappa shape index (κ3) is 2.50. The van der Waals surface area contributed by atoms with Crippen LogP contribution in [0.5, 0.6) is 0 Å². The first kappa shape index (κ1) is 11.9. The maximum absolute atomic E-state index is 5.65. The molecule has 4 N–H and O–H groups in total. The number of nitrogens with zero attached hydrogens (tertiary/aromatic N) is 3. The molecule has 0 atom stereocenters. The van der Waals surface area contributed by atoms with Crippen molar-refractivity contribution in [1.82, 2.24) is 19.9 Å². The topological polar surface area (TPSA) is 92.5 Å². The van der Waals surface area contributed by atoms with Crippen LogP contribution in [0.4, 0.5) is 11.8 Å². The Kier molecular flexibility index (Phi) is 3.04. The summed E-state index contributed by atoms with van der Waals surface area (Å²) in [6.45, 7) is 0.651. The van der Waals surface area contributed by atoms with Crippen molar-refractivity contribution in [2.75, 3.05) is 11.1 Å². The quantitative estimate of drug-likeness (QED) is 0.689. The molecular formula is C12H11BrN6. The summed E-state index contributed by atoms with van der Waals surface area (Å²) in [4.78, 5) is 15.3. The SMILES string of the molecule is Nc1nc(NCc2ccc(Br)cc2)c2[nH]cnc2n1. The van der Waals surface area contributed by atoms with E-state index in [1.165, 1.54) is 0 Å². The van der Waals surface area contributed by atoms with Crippen LogP contribution < -0.4 is 11.1 Å². The molecule has 2 aromatic heterocycles. The zero-order valence-electron chi connectivity index (χ0n) is 9.89. The van der Waals surface area contributed by atoms with Gasteiger partial charge in [-0.2, -0.15) is 9.97 Å². The average Bonchev–Trinajstić information content (AvgIpc) is 2.85. The van der Waals surface area contributed by atoms with Gasteiger partial charge in [-0.1, -0.05) is 28.1 Å². The van der Waals surface area contributed by atoms with Crippen LogP contribution in [0.2, 0.25) is 0 Å². The second-order valence-electron chi connectivity index (χ2n) is 4.01.